The molecule has 0 radical (unpaired) electrons. The van der Waals surface area contributed by atoms with Crippen LogP contribution in [0.5, 0.6) is 0 Å². The van der Waals surface area contributed by atoms with Crippen LogP contribution >= 0.6 is 39.1 Å². The maximum atomic E-state index is 12.0. The highest BCUT2D eigenvalue weighted by atomic mass is 79.9. The fourth-order valence-electron chi connectivity index (χ4n) is 2.04. The summed E-state index contributed by atoms with van der Waals surface area (Å²) in [5.74, 6) is -1.07. The number of ether oxygens (including phenoxy) is 1. The molecular formula is C12H10BrCl2NO3. The first-order valence-corrected chi connectivity index (χ1v) is 7.01. The van der Waals surface area contributed by atoms with E-state index in [0.29, 0.717) is 15.7 Å². The number of rotatable bonds is 2. The molecule has 102 valence electrons. The third-order valence-electron chi connectivity index (χ3n) is 2.91. The molecule has 1 atom stereocenters. The Morgan fingerprint density at radius 1 is 1.42 bits per heavy atom. The third-order valence-corrected chi connectivity index (χ3v) is 3.95. The van der Waals surface area contributed by atoms with Crippen LogP contribution in [-0.4, -0.2) is 25.5 Å². The van der Waals surface area contributed by atoms with Crippen LogP contribution in [-0.2, 0) is 14.3 Å². The first-order chi connectivity index (χ1) is 8.93. The lowest BCUT2D eigenvalue weighted by Crippen LogP contribution is -2.26. The van der Waals surface area contributed by atoms with E-state index >= 15 is 0 Å². The molecular weight excluding hydrogens is 357 g/mol. The molecule has 0 N–H and O–H groups in total. The first kappa shape index (κ1) is 14.6. The van der Waals surface area contributed by atoms with Crippen molar-refractivity contribution in [2.24, 2.45) is 5.92 Å². The summed E-state index contributed by atoms with van der Waals surface area (Å²) in [6.07, 6.45) is 0.107. The fourth-order valence-corrected chi connectivity index (χ4v) is 3.45. The second-order valence-electron chi connectivity index (χ2n) is 4.15. The predicted molar refractivity (Wildman–Crippen MR) is 76.6 cm³/mol. The number of nitrogens with zero attached hydrogens (tertiary/aromatic N) is 1. The molecule has 0 spiro atoms. The molecule has 1 aliphatic rings. The van der Waals surface area contributed by atoms with Crippen LogP contribution in [0.2, 0.25) is 10.0 Å². The van der Waals surface area contributed by atoms with Gasteiger partial charge in [-0.15, -0.1) is 0 Å². The maximum absolute atomic E-state index is 12.0. The van der Waals surface area contributed by atoms with Gasteiger partial charge >= 0.3 is 5.97 Å². The molecule has 1 aromatic rings. The van der Waals surface area contributed by atoms with E-state index in [4.69, 9.17) is 23.2 Å². The van der Waals surface area contributed by atoms with E-state index in [1.165, 1.54) is 12.0 Å². The van der Waals surface area contributed by atoms with E-state index in [1.54, 1.807) is 12.1 Å². The molecule has 1 unspecified atom stereocenters. The van der Waals surface area contributed by atoms with Gasteiger partial charge in [-0.2, -0.15) is 0 Å². The number of halogens is 3. The van der Waals surface area contributed by atoms with Gasteiger partial charge in [-0.05, 0) is 12.1 Å². The van der Waals surface area contributed by atoms with Gasteiger partial charge in [-0.1, -0.05) is 39.1 Å². The smallest absolute Gasteiger partial charge is 0.311 e. The molecule has 2 rings (SSSR count). The summed E-state index contributed by atoms with van der Waals surface area (Å²) in [6, 6.07) is 3.31. The number of benzene rings is 1. The highest BCUT2D eigenvalue weighted by Gasteiger charge is 2.37. The van der Waals surface area contributed by atoms with E-state index in [9.17, 15) is 9.59 Å². The number of hydrogen-bond donors (Lipinski definition) is 0. The van der Waals surface area contributed by atoms with Crippen LogP contribution in [0.4, 0.5) is 5.69 Å². The van der Waals surface area contributed by atoms with Gasteiger partial charge in [0.05, 0.1) is 28.8 Å². The molecule has 1 saturated heterocycles. The summed E-state index contributed by atoms with van der Waals surface area (Å²) in [6.45, 7) is 0.229. The summed E-state index contributed by atoms with van der Waals surface area (Å²) in [7, 11) is 1.30. The number of amides is 1. The zero-order valence-electron chi connectivity index (χ0n) is 9.95. The zero-order chi connectivity index (χ0) is 14.2. The fraction of sp³-hybridized carbons (Fsp3) is 0.333. The Hall–Kier alpha value is -0.780. The average Bonchev–Trinajstić information content (AvgIpc) is 2.69. The Morgan fingerprint density at radius 2 is 2.00 bits per heavy atom. The van der Waals surface area contributed by atoms with E-state index in [-0.39, 0.29) is 18.9 Å². The Kier molecular flexibility index (Phi) is 4.38. The van der Waals surface area contributed by atoms with Crippen LogP contribution in [0.1, 0.15) is 6.42 Å². The van der Waals surface area contributed by atoms with Gasteiger partial charge in [0.25, 0.3) is 0 Å². The maximum Gasteiger partial charge on any atom is 0.311 e. The van der Waals surface area contributed by atoms with Gasteiger partial charge < -0.3 is 9.64 Å². The Bertz CT molecular complexity index is 527. The lowest BCUT2D eigenvalue weighted by Gasteiger charge is -2.19. The van der Waals surface area contributed by atoms with E-state index in [0.717, 1.165) is 4.47 Å². The normalized spacial score (nSPS) is 18.8. The Labute approximate surface area is 128 Å². The highest BCUT2D eigenvalue weighted by molar-refractivity contribution is 9.10. The highest BCUT2D eigenvalue weighted by Crippen LogP contribution is 2.39. The minimum atomic E-state index is -0.478. The summed E-state index contributed by atoms with van der Waals surface area (Å²) in [4.78, 5) is 24.9. The van der Waals surface area contributed by atoms with Gasteiger partial charge in [0.2, 0.25) is 5.91 Å². The number of hydrogen-bond acceptors (Lipinski definition) is 3. The molecule has 0 saturated carbocycles. The van der Waals surface area contributed by atoms with Crippen LogP contribution < -0.4 is 4.90 Å². The summed E-state index contributed by atoms with van der Waals surface area (Å²) < 4.78 is 5.38. The van der Waals surface area contributed by atoms with Gasteiger partial charge in [0.1, 0.15) is 0 Å². The molecule has 1 fully saturated rings. The predicted octanol–water partition coefficient (Wildman–Crippen LogP) is 3.28. The Balaban J connectivity index is 2.33. The lowest BCUT2D eigenvalue weighted by molar-refractivity contribution is -0.145. The van der Waals surface area contributed by atoms with E-state index < -0.39 is 11.9 Å². The molecule has 1 aliphatic heterocycles. The minimum absolute atomic E-state index is 0.107. The zero-order valence-corrected chi connectivity index (χ0v) is 13.0. The van der Waals surface area contributed by atoms with Crippen LogP contribution in [0, 0.1) is 5.92 Å². The van der Waals surface area contributed by atoms with Crippen molar-refractivity contribution in [1.82, 2.24) is 0 Å². The van der Waals surface area contributed by atoms with Crippen molar-refractivity contribution in [1.29, 1.82) is 0 Å². The third kappa shape index (κ3) is 2.88. The summed E-state index contributed by atoms with van der Waals surface area (Å²) in [5, 5.41) is 0.719. The monoisotopic (exact) mass is 365 g/mol. The average molecular weight is 367 g/mol. The SMILES string of the molecule is COC(=O)C1CC(=O)N(c2c(Cl)cc(Br)cc2Cl)C1. The molecule has 1 heterocycles. The molecule has 19 heavy (non-hydrogen) atoms. The van der Waals surface area contributed by atoms with Crippen molar-refractivity contribution in [2.75, 3.05) is 18.6 Å². The van der Waals surface area contributed by atoms with Crippen LogP contribution in [0.15, 0.2) is 16.6 Å². The van der Waals surface area contributed by atoms with Gasteiger partial charge in [0.15, 0.2) is 0 Å². The lowest BCUT2D eigenvalue weighted by atomic mass is 10.1. The first-order valence-electron chi connectivity index (χ1n) is 5.46. The second kappa shape index (κ2) is 5.69. The largest absolute Gasteiger partial charge is 0.469 e. The van der Waals surface area contributed by atoms with E-state index in [2.05, 4.69) is 20.7 Å². The second-order valence-corrected chi connectivity index (χ2v) is 5.88. The van der Waals surface area contributed by atoms with Crippen molar-refractivity contribution in [3.05, 3.63) is 26.7 Å². The molecule has 1 aromatic carbocycles. The van der Waals surface area contributed by atoms with Crippen molar-refractivity contribution in [3.63, 3.8) is 0 Å². The number of esters is 1. The number of anilines is 1. The summed E-state index contributed by atoms with van der Waals surface area (Å²) >= 11 is 15.5. The number of carbonyl (C=O) groups is 2. The molecule has 0 aromatic heterocycles. The minimum Gasteiger partial charge on any atom is -0.469 e. The van der Waals surface area contributed by atoms with Crippen molar-refractivity contribution >= 4 is 56.7 Å². The standard InChI is InChI=1S/C12H10BrCl2NO3/c1-19-12(18)6-2-10(17)16(5-6)11-8(14)3-7(13)4-9(11)15/h3-4,6H,2,5H2,1H3. The molecule has 0 bridgehead atoms. The van der Waals surface area contributed by atoms with Crippen molar-refractivity contribution in [2.45, 2.75) is 6.42 Å². The molecule has 4 nitrogen and oxygen atoms in total. The number of methoxy groups -OCH3 is 1. The summed E-state index contributed by atoms with van der Waals surface area (Å²) in [5.41, 5.74) is 0.433. The van der Waals surface area contributed by atoms with Gasteiger partial charge in [-0.25, -0.2) is 0 Å². The van der Waals surface area contributed by atoms with Crippen molar-refractivity contribution < 1.29 is 14.3 Å². The van der Waals surface area contributed by atoms with Crippen LogP contribution in [0.25, 0.3) is 0 Å². The van der Waals surface area contributed by atoms with E-state index in [1.807, 2.05) is 0 Å². The molecule has 0 aliphatic carbocycles. The molecule has 7 heteroatoms. The Morgan fingerprint density at radius 3 is 2.53 bits per heavy atom. The molecule has 1 amide bonds. The van der Waals surface area contributed by atoms with Crippen LogP contribution in [0.3, 0.4) is 0 Å². The van der Waals surface area contributed by atoms with Gasteiger partial charge in [-0.3, -0.25) is 9.59 Å². The quantitative estimate of drug-likeness (QED) is 0.754. The number of carbonyl (C=O) groups excluding carboxylic acids is 2. The topological polar surface area (TPSA) is 46.6 Å². The van der Waals surface area contributed by atoms with Crippen molar-refractivity contribution in [3.8, 4) is 0 Å². The van der Waals surface area contributed by atoms with Gasteiger partial charge in [0, 0.05) is 17.4 Å².